The third kappa shape index (κ3) is 9.20. The van der Waals surface area contributed by atoms with Crippen LogP contribution in [-0.4, -0.2) is 118 Å². The zero-order chi connectivity index (χ0) is 33.3. The largest absolute Gasteiger partial charge is 0.477 e. The van der Waals surface area contributed by atoms with Gasteiger partial charge in [-0.15, -0.1) is 0 Å². The van der Waals surface area contributed by atoms with Gasteiger partial charge in [0.25, 0.3) is 0 Å². The summed E-state index contributed by atoms with van der Waals surface area (Å²) in [4.78, 5) is 37.7. The van der Waals surface area contributed by atoms with E-state index in [-0.39, 0.29) is 23.9 Å². The van der Waals surface area contributed by atoms with Crippen molar-refractivity contribution in [3.05, 3.63) is 23.5 Å². The Morgan fingerprint density at radius 3 is 1.64 bits per heavy atom. The molecule has 0 aliphatic carbocycles. The molecule has 6 rings (SSSR count). The SMILES string of the molecule is C[C@H](Oc1nc(C#N)cc(N2CCCCC2)n1)[C@@H]1CCCN1C.C[C@H](Oc1nc(C(=O)O)cc(N2CCCCC2)n1)[C@@H]1CCCN1C. The summed E-state index contributed by atoms with van der Waals surface area (Å²) in [5.74, 6) is 0.424. The average Bonchev–Trinajstić information content (AvgIpc) is 3.73. The highest BCUT2D eigenvalue weighted by Gasteiger charge is 2.30. The highest BCUT2D eigenvalue weighted by atomic mass is 16.5. The van der Waals surface area contributed by atoms with Gasteiger partial charge in [0.1, 0.15) is 35.6 Å². The van der Waals surface area contributed by atoms with Crippen LogP contribution in [0.15, 0.2) is 12.1 Å². The summed E-state index contributed by atoms with van der Waals surface area (Å²) < 4.78 is 11.9. The van der Waals surface area contributed by atoms with Crippen LogP contribution in [0.5, 0.6) is 12.0 Å². The predicted octanol–water partition coefficient (Wildman–Crippen LogP) is 4.23. The molecule has 13 heteroatoms. The van der Waals surface area contributed by atoms with Crippen molar-refractivity contribution in [2.75, 3.05) is 63.2 Å². The quantitative estimate of drug-likeness (QED) is 0.414. The molecule has 2 aromatic rings. The number of carbonyl (C=O) groups is 1. The number of aromatic carboxylic acids is 1. The molecule has 0 unspecified atom stereocenters. The third-order valence-electron chi connectivity index (χ3n) is 9.90. The first-order chi connectivity index (χ1) is 22.7. The Labute approximate surface area is 278 Å². The second-order valence-corrected chi connectivity index (χ2v) is 13.3. The lowest BCUT2D eigenvalue weighted by atomic mass is 10.1. The van der Waals surface area contributed by atoms with Crippen LogP contribution in [0, 0.1) is 11.3 Å². The Hall–Kier alpha value is -3.76. The summed E-state index contributed by atoms with van der Waals surface area (Å²) in [6.45, 7) is 10.0. The molecule has 0 amide bonds. The first kappa shape index (κ1) is 34.6. The number of hydrogen-bond donors (Lipinski definition) is 1. The highest BCUT2D eigenvalue weighted by Crippen LogP contribution is 2.26. The van der Waals surface area contributed by atoms with Gasteiger partial charge < -0.3 is 24.4 Å². The van der Waals surface area contributed by atoms with E-state index in [2.05, 4.69) is 66.6 Å². The first-order valence-corrected chi connectivity index (χ1v) is 17.4. The summed E-state index contributed by atoms with van der Waals surface area (Å²) in [6.07, 6.45) is 11.5. The number of piperidine rings is 2. The van der Waals surface area contributed by atoms with Gasteiger partial charge in [0.2, 0.25) is 0 Å². The van der Waals surface area contributed by atoms with Crippen molar-refractivity contribution in [1.29, 1.82) is 5.26 Å². The molecule has 0 radical (unpaired) electrons. The van der Waals surface area contributed by atoms with Gasteiger partial charge in [0, 0.05) is 50.4 Å². The van der Waals surface area contributed by atoms with E-state index >= 15 is 0 Å². The molecule has 0 bridgehead atoms. The van der Waals surface area contributed by atoms with Crippen LogP contribution in [-0.2, 0) is 0 Å². The van der Waals surface area contributed by atoms with Crippen LogP contribution < -0.4 is 19.3 Å². The minimum atomic E-state index is -1.05. The van der Waals surface area contributed by atoms with Gasteiger partial charge in [-0.2, -0.15) is 25.2 Å². The molecular formula is C34H51N9O4. The standard InChI is InChI=1S/C17H25N5O.C17H26N4O3/c1-13(15-7-6-8-21(15)2)23-17-19-14(12-18)11-16(20-17)22-9-4-3-5-10-22;1-12(14-7-6-8-20(14)2)24-17-18-13(16(22)23)11-15(19-17)21-9-4-3-5-10-21/h11,13,15H,3-10H2,1-2H3;11-12,14H,3-10H2,1-2H3,(H,22,23)/t13-,15-;12-,14-/m00/s1. The normalized spacial score (nSPS) is 23.4. The summed E-state index contributed by atoms with van der Waals surface area (Å²) in [7, 11) is 4.22. The number of nitrogens with zero attached hydrogens (tertiary/aromatic N) is 9. The van der Waals surface area contributed by atoms with E-state index < -0.39 is 5.97 Å². The van der Waals surface area contributed by atoms with Gasteiger partial charge in [0.05, 0.1) is 0 Å². The van der Waals surface area contributed by atoms with Gasteiger partial charge >= 0.3 is 18.0 Å². The lowest BCUT2D eigenvalue weighted by Gasteiger charge is -2.29. The molecule has 0 spiro atoms. The predicted molar refractivity (Wildman–Crippen MR) is 179 cm³/mol. The van der Waals surface area contributed by atoms with E-state index in [9.17, 15) is 15.2 Å². The number of ether oxygens (including phenoxy) is 2. The second kappa shape index (κ2) is 16.4. The minimum Gasteiger partial charge on any atom is -0.477 e. The summed E-state index contributed by atoms with van der Waals surface area (Å²) in [5, 5.41) is 18.6. The number of likely N-dealkylation sites (N-methyl/N-ethyl adjacent to an activating group) is 2. The minimum absolute atomic E-state index is 0.00690. The van der Waals surface area contributed by atoms with E-state index in [0.717, 1.165) is 77.2 Å². The number of nitriles is 1. The van der Waals surface area contributed by atoms with Gasteiger partial charge in [-0.05, 0) is 105 Å². The van der Waals surface area contributed by atoms with Gasteiger partial charge in [0.15, 0.2) is 5.69 Å². The molecule has 0 saturated carbocycles. The molecule has 4 aliphatic heterocycles. The number of carboxylic acid groups (broad SMARTS) is 1. The molecule has 256 valence electrons. The smallest absolute Gasteiger partial charge is 0.354 e. The number of carboxylic acids is 1. The van der Waals surface area contributed by atoms with E-state index in [1.54, 1.807) is 12.1 Å². The lowest BCUT2D eigenvalue weighted by Crippen LogP contribution is -2.38. The monoisotopic (exact) mass is 649 g/mol. The van der Waals surface area contributed by atoms with Crippen molar-refractivity contribution in [1.82, 2.24) is 29.7 Å². The summed E-state index contributed by atoms with van der Waals surface area (Å²) in [6, 6.07) is 6.66. The van der Waals surface area contributed by atoms with Gasteiger partial charge in [-0.1, -0.05) is 0 Å². The molecule has 4 fully saturated rings. The van der Waals surface area contributed by atoms with Crippen LogP contribution in [0.2, 0.25) is 0 Å². The fourth-order valence-electron chi connectivity index (χ4n) is 7.22. The lowest BCUT2D eigenvalue weighted by molar-refractivity contribution is 0.0684. The zero-order valence-corrected chi connectivity index (χ0v) is 28.5. The van der Waals surface area contributed by atoms with Crippen molar-refractivity contribution >= 4 is 17.6 Å². The topological polar surface area (TPSA) is 144 Å². The maximum Gasteiger partial charge on any atom is 0.354 e. The van der Waals surface area contributed by atoms with Gasteiger partial charge in [-0.3, -0.25) is 9.80 Å². The highest BCUT2D eigenvalue weighted by molar-refractivity contribution is 5.86. The van der Waals surface area contributed by atoms with Crippen molar-refractivity contribution in [2.24, 2.45) is 0 Å². The Morgan fingerprint density at radius 1 is 0.745 bits per heavy atom. The van der Waals surface area contributed by atoms with Gasteiger partial charge in [-0.25, -0.2) is 4.79 Å². The molecule has 0 aromatic carbocycles. The number of hydrogen-bond acceptors (Lipinski definition) is 12. The van der Waals surface area contributed by atoms with Crippen LogP contribution in [0.3, 0.4) is 0 Å². The molecule has 6 heterocycles. The molecule has 47 heavy (non-hydrogen) atoms. The van der Waals surface area contributed by atoms with Crippen molar-refractivity contribution in [3.8, 4) is 18.1 Å². The summed E-state index contributed by atoms with van der Waals surface area (Å²) >= 11 is 0. The van der Waals surface area contributed by atoms with Crippen LogP contribution >= 0.6 is 0 Å². The molecule has 4 saturated heterocycles. The van der Waals surface area contributed by atoms with E-state index in [0.29, 0.717) is 29.6 Å². The van der Waals surface area contributed by atoms with Crippen molar-refractivity contribution in [2.45, 2.75) is 102 Å². The maximum absolute atomic E-state index is 11.4. The molecule has 13 nitrogen and oxygen atoms in total. The molecular weight excluding hydrogens is 598 g/mol. The number of aromatic nitrogens is 4. The number of anilines is 2. The Morgan fingerprint density at radius 2 is 1.21 bits per heavy atom. The summed E-state index contributed by atoms with van der Waals surface area (Å²) in [5.41, 5.74) is 0.370. The Balaban J connectivity index is 0.000000185. The first-order valence-electron chi connectivity index (χ1n) is 17.4. The van der Waals surface area contributed by atoms with E-state index in [1.807, 2.05) is 6.92 Å². The average molecular weight is 650 g/mol. The Kier molecular flexibility index (Phi) is 12.0. The van der Waals surface area contributed by atoms with Crippen LogP contribution in [0.4, 0.5) is 11.6 Å². The fraction of sp³-hybridized carbons (Fsp3) is 0.706. The fourth-order valence-corrected chi connectivity index (χ4v) is 7.22. The van der Waals surface area contributed by atoms with Crippen LogP contribution in [0.1, 0.15) is 94.2 Å². The van der Waals surface area contributed by atoms with E-state index in [4.69, 9.17) is 9.47 Å². The molecule has 4 atom stereocenters. The van der Waals surface area contributed by atoms with Crippen LogP contribution in [0.25, 0.3) is 0 Å². The third-order valence-corrected chi connectivity index (χ3v) is 9.90. The number of rotatable bonds is 9. The molecule has 4 aliphatic rings. The second-order valence-electron chi connectivity index (χ2n) is 13.3. The van der Waals surface area contributed by atoms with Crippen molar-refractivity contribution < 1.29 is 19.4 Å². The number of likely N-dealkylation sites (tertiary alicyclic amines) is 2. The maximum atomic E-state index is 11.4. The zero-order valence-electron chi connectivity index (χ0n) is 28.5. The molecule has 1 N–H and O–H groups in total. The van der Waals surface area contributed by atoms with E-state index in [1.165, 1.54) is 32.1 Å². The molecule has 2 aromatic heterocycles. The Bertz CT molecular complexity index is 1380. The van der Waals surface area contributed by atoms with Crippen molar-refractivity contribution in [3.63, 3.8) is 0 Å².